The number of hydrogen-bond acceptors (Lipinski definition) is 7. The van der Waals surface area contributed by atoms with Gasteiger partial charge in [-0.1, -0.05) is 16.8 Å². The molecule has 9 heteroatoms. The summed E-state index contributed by atoms with van der Waals surface area (Å²) in [5.41, 5.74) is -0.134. The fourth-order valence-electron chi connectivity index (χ4n) is 1.30. The van der Waals surface area contributed by atoms with Crippen LogP contribution in [0.3, 0.4) is 0 Å². The van der Waals surface area contributed by atoms with Gasteiger partial charge in [0.2, 0.25) is 11.7 Å². The summed E-state index contributed by atoms with van der Waals surface area (Å²) in [5, 5.41) is 17.2. The molecule has 0 amide bonds. The van der Waals surface area contributed by atoms with Crippen molar-refractivity contribution in [2.45, 2.75) is 6.42 Å². The normalized spacial score (nSPS) is 10.3. The highest BCUT2D eigenvalue weighted by Crippen LogP contribution is 2.23. The van der Waals surface area contributed by atoms with Crippen LogP contribution in [0.15, 0.2) is 23.0 Å². The van der Waals surface area contributed by atoms with E-state index in [0.29, 0.717) is 18.9 Å². The molecule has 2 heterocycles. The molecule has 0 bridgehead atoms. The number of hydrogen-bond donors (Lipinski definition) is 1. The molecule has 1 N–H and O–H groups in total. The van der Waals surface area contributed by atoms with Crippen LogP contribution in [-0.2, 0) is 6.42 Å². The molecule has 0 saturated carbocycles. The zero-order valence-electron chi connectivity index (χ0n) is 9.04. The SMILES string of the molecule is O=[N+]([O-])c1ccc(Cl)nc1NCCc1ncno1. The second-order valence-electron chi connectivity index (χ2n) is 3.27. The van der Waals surface area contributed by atoms with Crippen molar-refractivity contribution in [2.24, 2.45) is 0 Å². The van der Waals surface area contributed by atoms with Crippen LogP contribution < -0.4 is 5.32 Å². The summed E-state index contributed by atoms with van der Waals surface area (Å²) in [6.07, 6.45) is 1.72. The Hall–Kier alpha value is -2.22. The lowest BCUT2D eigenvalue weighted by Crippen LogP contribution is -2.08. The molecule has 0 saturated heterocycles. The Morgan fingerprint density at radius 3 is 3.00 bits per heavy atom. The molecule has 0 unspecified atom stereocenters. The lowest BCUT2D eigenvalue weighted by Gasteiger charge is -2.04. The molecule has 2 aromatic heterocycles. The van der Waals surface area contributed by atoms with Gasteiger partial charge in [0, 0.05) is 19.0 Å². The molecule has 0 fully saturated rings. The minimum atomic E-state index is -0.529. The monoisotopic (exact) mass is 269 g/mol. The van der Waals surface area contributed by atoms with Crippen LogP contribution in [0, 0.1) is 10.1 Å². The third-order valence-electron chi connectivity index (χ3n) is 2.07. The molecule has 0 aromatic carbocycles. The third kappa shape index (κ3) is 2.92. The molecule has 0 spiro atoms. The largest absolute Gasteiger partial charge is 0.364 e. The van der Waals surface area contributed by atoms with E-state index in [1.165, 1.54) is 18.5 Å². The van der Waals surface area contributed by atoms with Gasteiger partial charge in [-0.05, 0) is 6.07 Å². The van der Waals surface area contributed by atoms with E-state index in [2.05, 4.69) is 20.4 Å². The maximum atomic E-state index is 10.8. The third-order valence-corrected chi connectivity index (χ3v) is 2.29. The number of aromatic nitrogens is 3. The van der Waals surface area contributed by atoms with Gasteiger partial charge in [0.05, 0.1) is 4.92 Å². The Bertz CT molecular complexity index is 545. The molecule has 0 aliphatic rings. The highest BCUT2D eigenvalue weighted by Gasteiger charge is 2.15. The topological polar surface area (TPSA) is 107 Å². The highest BCUT2D eigenvalue weighted by atomic mass is 35.5. The van der Waals surface area contributed by atoms with E-state index in [1.807, 2.05) is 0 Å². The van der Waals surface area contributed by atoms with Gasteiger partial charge in [-0.3, -0.25) is 10.1 Å². The van der Waals surface area contributed by atoms with Crippen molar-refractivity contribution in [1.29, 1.82) is 0 Å². The van der Waals surface area contributed by atoms with Gasteiger partial charge in [0.15, 0.2) is 6.33 Å². The van der Waals surface area contributed by atoms with Crippen molar-refractivity contribution in [1.82, 2.24) is 15.1 Å². The quantitative estimate of drug-likeness (QED) is 0.500. The Morgan fingerprint density at radius 2 is 2.33 bits per heavy atom. The summed E-state index contributed by atoms with van der Waals surface area (Å²) in [6, 6.07) is 2.66. The zero-order chi connectivity index (χ0) is 13.0. The summed E-state index contributed by atoms with van der Waals surface area (Å²) >= 11 is 5.69. The highest BCUT2D eigenvalue weighted by molar-refractivity contribution is 6.29. The van der Waals surface area contributed by atoms with Crippen LogP contribution >= 0.6 is 11.6 Å². The summed E-state index contributed by atoms with van der Waals surface area (Å²) < 4.78 is 4.79. The van der Waals surface area contributed by atoms with E-state index >= 15 is 0 Å². The van der Waals surface area contributed by atoms with E-state index < -0.39 is 4.92 Å². The van der Waals surface area contributed by atoms with Crippen molar-refractivity contribution in [3.63, 3.8) is 0 Å². The van der Waals surface area contributed by atoms with Crippen LogP contribution in [0.5, 0.6) is 0 Å². The summed E-state index contributed by atoms with van der Waals surface area (Å²) in [5.74, 6) is 0.555. The summed E-state index contributed by atoms with van der Waals surface area (Å²) in [4.78, 5) is 17.9. The molecule has 94 valence electrons. The number of nitro groups is 1. The lowest BCUT2D eigenvalue weighted by molar-refractivity contribution is -0.384. The molecular formula is C9H8ClN5O3. The predicted octanol–water partition coefficient (Wildman–Crippen LogP) is 1.68. The lowest BCUT2D eigenvalue weighted by atomic mass is 10.3. The molecule has 0 aliphatic carbocycles. The van der Waals surface area contributed by atoms with Crippen LogP contribution in [0.25, 0.3) is 0 Å². The minimum absolute atomic E-state index is 0.118. The second kappa shape index (κ2) is 5.41. The van der Waals surface area contributed by atoms with Crippen molar-refractivity contribution in [3.8, 4) is 0 Å². The van der Waals surface area contributed by atoms with Crippen molar-refractivity contribution < 1.29 is 9.45 Å². The van der Waals surface area contributed by atoms with Gasteiger partial charge < -0.3 is 9.84 Å². The first-order valence-corrected chi connectivity index (χ1v) is 5.35. The fourth-order valence-corrected chi connectivity index (χ4v) is 1.45. The maximum absolute atomic E-state index is 10.8. The summed E-state index contributed by atoms with van der Waals surface area (Å²) in [7, 11) is 0. The molecule has 18 heavy (non-hydrogen) atoms. The molecule has 8 nitrogen and oxygen atoms in total. The number of pyridine rings is 1. The van der Waals surface area contributed by atoms with Gasteiger partial charge in [-0.25, -0.2) is 4.98 Å². The van der Waals surface area contributed by atoms with E-state index in [1.54, 1.807) is 0 Å². The maximum Gasteiger partial charge on any atom is 0.311 e. The number of nitrogens with one attached hydrogen (secondary N) is 1. The van der Waals surface area contributed by atoms with Crippen LogP contribution in [0.2, 0.25) is 5.15 Å². The van der Waals surface area contributed by atoms with Crippen LogP contribution in [0.4, 0.5) is 11.5 Å². The smallest absolute Gasteiger partial charge is 0.311 e. The number of anilines is 1. The molecular weight excluding hydrogens is 262 g/mol. The van der Waals surface area contributed by atoms with E-state index in [4.69, 9.17) is 16.1 Å². The van der Waals surface area contributed by atoms with E-state index in [-0.39, 0.29) is 16.7 Å². The Kier molecular flexibility index (Phi) is 3.68. The van der Waals surface area contributed by atoms with Crippen LogP contribution in [0.1, 0.15) is 5.89 Å². The zero-order valence-corrected chi connectivity index (χ0v) is 9.79. The average molecular weight is 270 g/mol. The van der Waals surface area contributed by atoms with Gasteiger partial charge in [0.1, 0.15) is 5.15 Å². The second-order valence-corrected chi connectivity index (χ2v) is 3.66. The van der Waals surface area contributed by atoms with Crippen molar-refractivity contribution >= 4 is 23.1 Å². The minimum Gasteiger partial charge on any atom is -0.364 e. The molecule has 0 aliphatic heterocycles. The van der Waals surface area contributed by atoms with Crippen molar-refractivity contribution in [3.05, 3.63) is 39.6 Å². The molecule has 0 radical (unpaired) electrons. The van der Waals surface area contributed by atoms with E-state index in [9.17, 15) is 10.1 Å². The Balaban J connectivity index is 2.03. The van der Waals surface area contributed by atoms with Gasteiger partial charge in [-0.15, -0.1) is 0 Å². The first-order chi connectivity index (χ1) is 8.66. The Labute approximate surface area is 106 Å². The van der Waals surface area contributed by atoms with Crippen LogP contribution in [-0.4, -0.2) is 26.6 Å². The van der Waals surface area contributed by atoms with Gasteiger partial charge >= 0.3 is 5.69 Å². The number of nitrogens with zero attached hydrogens (tertiary/aromatic N) is 4. The fraction of sp³-hybridized carbons (Fsp3) is 0.222. The average Bonchev–Trinajstić information content (AvgIpc) is 2.82. The first-order valence-electron chi connectivity index (χ1n) is 4.97. The molecule has 0 atom stereocenters. The molecule has 2 rings (SSSR count). The molecule has 2 aromatic rings. The Morgan fingerprint density at radius 1 is 1.50 bits per heavy atom. The van der Waals surface area contributed by atoms with Crippen molar-refractivity contribution in [2.75, 3.05) is 11.9 Å². The predicted molar refractivity (Wildman–Crippen MR) is 62.4 cm³/mol. The van der Waals surface area contributed by atoms with E-state index in [0.717, 1.165) is 0 Å². The summed E-state index contributed by atoms with van der Waals surface area (Å²) in [6.45, 7) is 0.371. The van der Waals surface area contributed by atoms with Gasteiger partial charge in [-0.2, -0.15) is 4.98 Å². The number of halogens is 1. The van der Waals surface area contributed by atoms with Gasteiger partial charge in [0.25, 0.3) is 0 Å². The standard InChI is InChI=1S/C9H8ClN5O3/c10-7-2-1-6(15(16)17)9(14-7)11-4-3-8-12-5-13-18-8/h1-2,5H,3-4H2,(H,11,14). The number of rotatable bonds is 5. The first kappa shape index (κ1) is 12.2.